The molecule has 2 atom stereocenters. The van der Waals surface area contributed by atoms with Gasteiger partial charge in [-0.05, 0) is 0 Å². The zero-order chi connectivity index (χ0) is 6.57. The molecule has 0 spiro atoms. The molecule has 0 heterocycles. The number of aliphatic hydroxyl groups excluding tert-OH is 1. The van der Waals surface area contributed by atoms with Gasteiger partial charge in [-0.2, -0.15) is 0 Å². The van der Waals surface area contributed by atoms with Gasteiger partial charge >= 0.3 is 0 Å². The Morgan fingerprint density at radius 3 is 2.38 bits per heavy atom. The van der Waals surface area contributed by atoms with Crippen molar-refractivity contribution in [2.75, 3.05) is 6.61 Å². The Labute approximate surface area is 48.5 Å². The van der Waals surface area contributed by atoms with Crippen LogP contribution < -0.4 is 0 Å². The maximum atomic E-state index is 10.1. The first kappa shape index (κ1) is 7.89. The standard InChI is InChI=1S/C4H9O3P/c1-2-4(3-5)8(6)7/h2,4-5,8H,1,3H2,(H,6,7). The van der Waals surface area contributed by atoms with Crippen LogP contribution in [-0.2, 0) is 4.57 Å². The van der Waals surface area contributed by atoms with Crippen LogP contribution in [0.4, 0.5) is 0 Å². The van der Waals surface area contributed by atoms with Crippen molar-refractivity contribution in [1.82, 2.24) is 0 Å². The first-order valence-corrected chi connectivity index (χ1v) is 3.62. The van der Waals surface area contributed by atoms with Crippen LogP contribution in [-0.4, -0.2) is 22.3 Å². The summed E-state index contributed by atoms with van der Waals surface area (Å²) >= 11 is 0. The third kappa shape index (κ3) is 2.26. The van der Waals surface area contributed by atoms with E-state index in [9.17, 15) is 4.57 Å². The molecule has 0 aliphatic heterocycles. The summed E-state index contributed by atoms with van der Waals surface area (Å²) in [5.41, 5.74) is -0.625. The molecular formula is C4H9O3P. The second-order valence-electron chi connectivity index (χ2n) is 1.36. The molecule has 2 N–H and O–H groups in total. The van der Waals surface area contributed by atoms with Crippen molar-refractivity contribution in [1.29, 1.82) is 0 Å². The number of aliphatic hydroxyl groups is 1. The molecular weight excluding hydrogens is 127 g/mol. The Balaban J connectivity index is 3.69. The molecule has 0 saturated heterocycles. The van der Waals surface area contributed by atoms with Crippen molar-refractivity contribution < 1.29 is 14.6 Å². The van der Waals surface area contributed by atoms with Crippen LogP contribution >= 0.6 is 8.03 Å². The van der Waals surface area contributed by atoms with Crippen LogP contribution in [0.25, 0.3) is 0 Å². The van der Waals surface area contributed by atoms with Gasteiger partial charge in [-0.15, -0.1) is 6.58 Å². The molecule has 2 unspecified atom stereocenters. The molecule has 0 aliphatic rings. The van der Waals surface area contributed by atoms with Gasteiger partial charge in [-0.1, -0.05) is 6.08 Å². The number of rotatable bonds is 3. The number of hydrogen-bond acceptors (Lipinski definition) is 2. The monoisotopic (exact) mass is 136 g/mol. The van der Waals surface area contributed by atoms with E-state index < -0.39 is 13.7 Å². The van der Waals surface area contributed by atoms with Gasteiger partial charge in [-0.25, -0.2) is 0 Å². The smallest absolute Gasteiger partial charge is 0.198 e. The molecule has 3 nitrogen and oxygen atoms in total. The average Bonchev–Trinajstić information content (AvgIpc) is 1.69. The lowest BCUT2D eigenvalue weighted by atomic mass is 10.4. The largest absolute Gasteiger partial charge is 0.395 e. The highest BCUT2D eigenvalue weighted by atomic mass is 31.1. The summed E-state index contributed by atoms with van der Waals surface area (Å²) in [5.74, 6) is 0. The summed E-state index contributed by atoms with van der Waals surface area (Å²) in [4.78, 5) is 8.33. The molecule has 0 saturated carbocycles. The molecule has 48 valence electrons. The van der Waals surface area contributed by atoms with Crippen molar-refractivity contribution in [2.24, 2.45) is 0 Å². The fourth-order valence-corrected chi connectivity index (χ4v) is 0.611. The van der Waals surface area contributed by atoms with E-state index in [1.165, 1.54) is 6.08 Å². The molecule has 0 aromatic carbocycles. The summed E-state index contributed by atoms with van der Waals surface area (Å²) < 4.78 is 10.1. The molecule has 0 fully saturated rings. The van der Waals surface area contributed by atoms with Gasteiger partial charge in [0, 0.05) is 0 Å². The predicted octanol–water partition coefficient (Wildman–Crippen LogP) is 0.000300. The highest BCUT2D eigenvalue weighted by molar-refractivity contribution is 7.39. The van der Waals surface area contributed by atoms with Gasteiger partial charge in [0.05, 0.1) is 12.3 Å². The summed E-state index contributed by atoms with van der Waals surface area (Å²) in [6.45, 7) is 2.96. The van der Waals surface area contributed by atoms with Crippen molar-refractivity contribution in [3.8, 4) is 0 Å². The third-order valence-electron chi connectivity index (χ3n) is 0.798. The van der Waals surface area contributed by atoms with Gasteiger partial charge in [0.1, 0.15) is 0 Å². The lowest BCUT2D eigenvalue weighted by Crippen LogP contribution is -2.02. The Morgan fingerprint density at radius 1 is 1.88 bits per heavy atom. The van der Waals surface area contributed by atoms with E-state index in [4.69, 9.17) is 10.00 Å². The first-order valence-electron chi connectivity index (χ1n) is 2.18. The zero-order valence-corrected chi connectivity index (χ0v) is 5.37. The Morgan fingerprint density at radius 2 is 2.38 bits per heavy atom. The fourth-order valence-electron chi connectivity index (χ4n) is 0.253. The lowest BCUT2D eigenvalue weighted by molar-refractivity contribution is 0.299. The van der Waals surface area contributed by atoms with E-state index in [1.807, 2.05) is 0 Å². The third-order valence-corrected chi connectivity index (χ3v) is 1.85. The van der Waals surface area contributed by atoms with Crippen LogP contribution in [0, 0.1) is 0 Å². The van der Waals surface area contributed by atoms with Crippen LogP contribution in [0.15, 0.2) is 12.7 Å². The van der Waals surface area contributed by atoms with E-state index >= 15 is 0 Å². The van der Waals surface area contributed by atoms with Gasteiger partial charge in [0.25, 0.3) is 0 Å². The summed E-state index contributed by atoms with van der Waals surface area (Å²) in [5, 5.41) is 8.29. The quantitative estimate of drug-likeness (QED) is 0.424. The lowest BCUT2D eigenvalue weighted by Gasteiger charge is -2.00. The maximum Gasteiger partial charge on any atom is 0.198 e. The minimum absolute atomic E-state index is 0.294. The fraction of sp³-hybridized carbons (Fsp3) is 0.500. The molecule has 4 heteroatoms. The zero-order valence-electron chi connectivity index (χ0n) is 4.37. The summed E-state index contributed by atoms with van der Waals surface area (Å²) in [6.07, 6.45) is 1.28. The van der Waals surface area contributed by atoms with Crippen molar-refractivity contribution in [3.05, 3.63) is 12.7 Å². The van der Waals surface area contributed by atoms with Crippen LogP contribution in [0.2, 0.25) is 0 Å². The Hall–Kier alpha value is -0.110. The van der Waals surface area contributed by atoms with E-state index in [2.05, 4.69) is 6.58 Å². The SMILES string of the molecule is C=CC(CO)[PH](=O)O. The van der Waals surface area contributed by atoms with Crippen LogP contribution in [0.3, 0.4) is 0 Å². The van der Waals surface area contributed by atoms with Gasteiger partial charge in [-0.3, -0.25) is 4.57 Å². The molecule has 0 aromatic rings. The molecule has 0 aromatic heterocycles. The second kappa shape index (κ2) is 3.84. The van der Waals surface area contributed by atoms with Crippen molar-refractivity contribution >= 4 is 8.03 Å². The van der Waals surface area contributed by atoms with Gasteiger partial charge < -0.3 is 10.00 Å². The highest BCUT2D eigenvalue weighted by Crippen LogP contribution is 2.21. The van der Waals surface area contributed by atoms with Gasteiger partial charge in [0.15, 0.2) is 8.03 Å². The predicted molar refractivity (Wildman–Crippen MR) is 32.3 cm³/mol. The summed E-state index contributed by atoms with van der Waals surface area (Å²) in [7, 11) is -2.59. The first-order chi connectivity index (χ1) is 3.72. The normalized spacial score (nSPS) is 17.2. The number of hydrogen-bond donors (Lipinski definition) is 2. The minimum atomic E-state index is -2.59. The highest BCUT2D eigenvalue weighted by Gasteiger charge is 2.05. The average molecular weight is 136 g/mol. The minimum Gasteiger partial charge on any atom is -0.395 e. The molecule has 0 amide bonds. The van der Waals surface area contributed by atoms with E-state index in [-0.39, 0.29) is 6.61 Å². The molecule has 0 aliphatic carbocycles. The van der Waals surface area contributed by atoms with Crippen LogP contribution in [0.5, 0.6) is 0 Å². The summed E-state index contributed by atoms with van der Waals surface area (Å²) in [6, 6.07) is 0. The molecule has 0 bridgehead atoms. The van der Waals surface area contributed by atoms with E-state index in [1.54, 1.807) is 0 Å². The Bertz CT molecular complexity index is 101. The molecule has 0 rings (SSSR count). The maximum absolute atomic E-state index is 10.1. The topological polar surface area (TPSA) is 57.5 Å². The van der Waals surface area contributed by atoms with E-state index in [0.717, 1.165) is 0 Å². The van der Waals surface area contributed by atoms with E-state index in [0.29, 0.717) is 0 Å². The second-order valence-corrected chi connectivity index (χ2v) is 2.78. The molecule has 8 heavy (non-hydrogen) atoms. The van der Waals surface area contributed by atoms with Crippen molar-refractivity contribution in [3.63, 3.8) is 0 Å². The van der Waals surface area contributed by atoms with Gasteiger partial charge in [0.2, 0.25) is 0 Å². The van der Waals surface area contributed by atoms with Crippen molar-refractivity contribution in [2.45, 2.75) is 5.66 Å². The Kier molecular flexibility index (Phi) is 3.79. The van der Waals surface area contributed by atoms with Crippen LogP contribution in [0.1, 0.15) is 0 Å². The molecule has 0 radical (unpaired) electrons.